The van der Waals surface area contributed by atoms with E-state index in [0.717, 1.165) is 25.0 Å². The highest BCUT2D eigenvalue weighted by Crippen LogP contribution is 2.36. The normalized spacial score (nSPS) is 13.8. The number of aliphatic carboxylic acids is 1. The van der Waals surface area contributed by atoms with E-state index in [4.69, 9.17) is 9.84 Å². The van der Waals surface area contributed by atoms with Gasteiger partial charge in [-0.1, -0.05) is 6.07 Å². The maximum atomic E-state index is 13.3. The summed E-state index contributed by atoms with van der Waals surface area (Å²) in [6.07, 6.45) is -1.27. The predicted octanol–water partition coefficient (Wildman–Crippen LogP) is 3.86. The first kappa shape index (κ1) is 22.7. The summed E-state index contributed by atoms with van der Waals surface area (Å²) >= 11 is 0. The van der Waals surface area contributed by atoms with Gasteiger partial charge in [-0.15, -0.1) is 0 Å². The van der Waals surface area contributed by atoms with Crippen LogP contribution < -0.4 is 10.1 Å². The van der Waals surface area contributed by atoms with Crippen LogP contribution in [0.15, 0.2) is 30.5 Å². The molecular formula is C22H23F3N2O4. The molecule has 0 bridgehead atoms. The highest BCUT2D eigenvalue weighted by molar-refractivity contribution is 5.83. The summed E-state index contributed by atoms with van der Waals surface area (Å²) in [5.41, 5.74) is 0.806. The first-order valence-corrected chi connectivity index (χ1v) is 9.87. The van der Waals surface area contributed by atoms with Crippen LogP contribution in [0, 0.1) is 5.92 Å². The molecule has 1 aromatic heterocycles. The Balaban J connectivity index is 1.90. The number of nitrogens with one attached hydrogen (secondary N) is 1. The molecule has 166 valence electrons. The van der Waals surface area contributed by atoms with E-state index in [2.05, 4.69) is 10.3 Å². The van der Waals surface area contributed by atoms with Crippen LogP contribution in [0.4, 0.5) is 13.2 Å². The topological polar surface area (TPSA) is 88.5 Å². The number of halogens is 3. The van der Waals surface area contributed by atoms with Gasteiger partial charge in [-0.2, -0.15) is 13.2 Å². The Kier molecular flexibility index (Phi) is 6.94. The maximum absolute atomic E-state index is 13.3. The van der Waals surface area contributed by atoms with Crippen molar-refractivity contribution in [1.29, 1.82) is 0 Å². The molecule has 0 saturated heterocycles. The summed E-state index contributed by atoms with van der Waals surface area (Å²) < 4.78 is 45.1. The van der Waals surface area contributed by atoms with Crippen molar-refractivity contribution in [1.82, 2.24) is 10.3 Å². The number of rotatable bonds is 10. The molecule has 9 heteroatoms. The first-order valence-electron chi connectivity index (χ1n) is 9.87. The lowest BCUT2D eigenvalue weighted by atomic mass is 9.96. The van der Waals surface area contributed by atoms with Gasteiger partial charge in [0.1, 0.15) is 5.78 Å². The molecule has 31 heavy (non-hydrogen) atoms. The third kappa shape index (κ3) is 6.04. The lowest BCUT2D eigenvalue weighted by Gasteiger charge is -2.16. The number of pyridine rings is 1. The molecular weight excluding hydrogens is 413 g/mol. The summed E-state index contributed by atoms with van der Waals surface area (Å²) in [5.74, 6) is -0.561. The molecule has 0 aliphatic heterocycles. The number of aromatic nitrogens is 1. The summed E-state index contributed by atoms with van der Waals surface area (Å²) in [4.78, 5) is 27.0. The minimum atomic E-state index is -4.51. The van der Waals surface area contributed by atoms with Gasteiger partial charge in [0.25, 0.3) is 0 Å². The van der Waals surface area contributed by atoms with Crippen LogP contribution in [-0.4, -0.2) is 35.5 Å². The third-order valence-electron chi connectivity index (χ3n) is 5.08. The molecule has 1 aliphatic carbocycles. The van der Waals surface area contributed by atoms with Crippen molar-refractivity contribution in [2.24, 2.45) is 5.92 Å². The third-order valence-corrected chi connectivity index (χ3v) is 5.08. The molecule has 1 heterocycles. The minimum absolute atomic E-state index is 0.101. The number of ketones is 1. The zero-order valence-corrected chi connectivity index (χ0v) is 17.0. The Bertz CT molecular complexity index is 972. The SMILES string of the molecule is COc1ncc(CC(=O)O)cc1-c1ccc(C(F)(F)F)cc1CNCCC(=O)C1CC1. The number of carboxylic acid groups (broad SMARTS) is 1. The van der Waals surface area contributed by atoms with Crippen LogP contribution in [0.1, 0.15) is 36.0 Å². The lowest BCUT2D eigenvalue weighted by molar-refractivity contribution is -0.138. The van der Waals surface area contributed by atoms with Crippen LogP contribution in [-0.2, 0) is 28.7 Å². The molecule has 2 N–H and O–H groups in total. The van der Waals surface area contributed by atoms with Gasteiger partial charge in [0, 0.05) is 37.2 Å². The number of methoxy groups -OCH3 is 1. The zero-order valence-electron chi connectivity index (χ0n) is 17.0. The van der Waals surface area contributed by atoms with Gasteiger partial charge < -0.3 is 15.2 Å². The van der Waals surface area contributed by atoms with Crippen molar-refractivity contribution in [3.05, 3.63) is 47.2 Å². The summed E-state index contributed by atoms with van der Waals surface area (Å²) in [7, 11) is 1.38. The van der Waals surface area contributed by atoms with Crippen molar-refractivity contribution >= 4 is 11.8 Å². The van der Waals surface area contributed by atoms with Gasteiger partial charge in [0.05, 0.1) is 19.1 Å². The largest absolute Gasteiger partial charge is 0.481 e. The molecule has 0 radical (unpaired) electrons. The second kappa shape index (κ2) is 9.47. The molecule has 0 unspecified atom stereocenters. The number of Topliss-reactive ketones (excluding diaryl/α,β-unsaturated/α-hetero) is 1. The summed E-state index contributed by atoms with van der Waals surface area (Å²) in [5, 5.41) is 12.1. The number of hydrogen-bond acceptors (Lipinski definition) is 5. The number of benzene rings is 1. The van der Waals surface area contributed by atoms with Crippen LogP contribution >= 0.6 is 0 Å². The fraction of sp³-hybridized carbons (Fsp3) is 0.409. The van der Waals surface area contributed by atoms with Crippen molar-refractivity contribution < 1.29 is 32.6 Å². The Labute approximate surface area is 177 Å². The van der Waals surface area contributed by atoms with E-state index < -0.39 is 17.7 Å². The molecule has 2 aromatic rings. The number of nitrogens with zero attached hydrogens (tertiary/aromatic N) is 1. The first-order chi connectivity index (χ1) is 14.7. The monoisotopic (exact) mass is 436 g/mol. The molecule has 1 fully saturated rings. The summed E-state index contributed by atoms with van der Waals surface area (Å²) in [6.45, 7) is 0.461. The number of carbonyl (C=O) groups is 2. The van der Waals surface area contributed by atoms with Crippen LogP contribution in [0.2, 0.25) is 0 Å². The fourth-order valence-corrected chi connectivity index (χ4v) is 3.35. The average Bonchev–Trinajstić information content (AvgIpc) is 3.55. The van der Waals surface area contributed by atoms with Crippen LogP contribution in [0.5, 0.6) is 5.88 Å². The van der Waals surface area contributed by atoms with Gasteiger partial charge in [0.2, 0.25) is 5.88 Å². The van der Waals surface area contributed by atoms with E-state index in [0.29, 0.717) is 35.2 Å². The van der Waals surface area contributed by atoms with Gasteiger partial charge in [-0.3, -0.25) is 9.59 Å². The molecule has 0 spiro atoms. The van der Waals surface area contributed by atoms with E-state index in [1.54, 1.807) is 6.07 Å². The van der Waals surface area contributed by atoms with Crippen molar-refractivity contribution in [3.63, 3.8) is 0 Å². The summed E-state index contributed by atoms with van der Waals surface area (Å²) in [6, 6.07) is 4.91. The van der Waals surface area contributed by atoms with E-state index in [1.165, 1.54) is 19.4 Å². The molecule has 0 amide bonds. The van der Waals surface area contributed by atoms with Crippen LogP contribution in [0.25, 0.3) is 11.1 Å². The number of carboxylic acids is 1. The average molecular weight is 436 g/mol. The van der Waals surface area contributed by atoms with Crippen molar-refractivity contribution in [2.45, 2.75) is 38.4 Å². The second-order valence-electron chi connectivity index (χ2n) is 7.51. The Morgan fingerprint density at radius 1 is 1.23 bits per heavy atom. The fourth-order valence-electron chi connectivity index (χ4n) is 3.35. The molecule has 0 atom stereocenters. The van der Waals surface area contributed by atoms with E-state index in [9.17, 15) is 22.8 Å². The smallest absolute Gasteiger partial charge is 0.416 e. The standard InChI is InChI=1S/C22H23F3N2O4/c1-31-21-18(8-13(11-27-21)9-20(29)30)17-5-4-16(22(23,24)25)10-15(17)12-26-7-6-19(28)14-2-3-14/h4-5,8,10-11,14,26H,2-3,6-7,9,12H2,1H3,(H,29,30). The number of hydrogen-bond donors (Lipinski definition) is 2. The Hall–Kier alpha value is -2.94. The van der Waals surface area contributed by atoms with Gasteiger partial charge in [-0.25, -0.2) is 4.98 Å². The molecule has 3 rings (SSSR count). The quantitative estimate of drug-likeness (QED) is 0.550. The van der Waals surface area contributed by atoms with Crippen molar-refractivity contribution in [2.75, 3.05) is 13.7 Å². The molecule has 1 saturated carbocycles. The van der Waals surface area contributed by atoms with Gasteiger partial charge >= 0.3 is 12.1 Å². The molecule has 6 nitrogen and oxygen atoms in total. The number of alkyl halides is 3. The molecule has 1 aromatic carbocycles. The minimum Gasteiger partial charge on any atom is -0.481 e. The van der Waals surface area contributed by atoms with Crippen molar-refractivity contribution in [3.8, 4) is 17.0 Å². The van der Waals surface area contributed by atoms with E-state index >= 15 is 0 Å². The maximum Gasteiger partial charge on any atom is 0.416 e. The second-order valence-corrected chi connectivity index (χ2v) is 7.51. The van der Waals surface area contributed by atoms with Crippen LogP contribution in [0.3, 0.4) is 0 Å². The Morgan fingerprint density at radius 2 is 1.97 bits per heavy atom. The lowest BCUT2D eigenvalue weighted by Crippen LogP contribution is -2.19. The Morgan fingerprint density at radius 3 is 2.58 bits per heavy atom. The zero-order chi connectivity index (χ0) is 22.6. The number of carbonyl (C=O) groups excluding carboxylic acids is 1. The highest BCUT2D eigenvalue weighted by Gasteiger charge is 2.31. The number of ether oxygens (including phenoxy) is 1. The molecule has 1 aliphatic rings. The van der Waals surface area contributed by atoms with Gasteiger partial charge in [-0.05, 0) is 47.7 Å². The van der Waals surface area contributed by atoms with Gasteiger partial charge in [0.15, 0.2) is 0 Å². The van der Waals surface area contributed by atoms with E-state index in [1.807, 2.05) is 0 Å². The van der Waals surface area contributed by atoms with E-state index in [-0.39, 0.29) is 30.5 Å². The predicted molar refractivity (Wildman–Crippen MR) is 107 cm³/mol. The highest BCUT2D eigenvalue weighted by atomic mass is 19.4.